The molecular weight excluding hydrogens is 444 g/mol. The van der Waals surface area contributed by atoms with E-state index in [0.29, 0.717) is 11.7 Å². The quantitative estimate of drug-likeness (QED) is 0.418. The van der Waals surface area contributed by atoms with Gasteiger partial charge in [0, 0.05) is 24.8 Å². The van der Waals surface area contributed by atoms with E-state index in [2.05, 4.69) is 5.32 Å². The number of methoxy groups -OCH3 is 1. The molecular formula is C24H34N2O6S. The van der Waals surface area contributed by atoms with E-state index < -0.39 is 36.4 Å². The maximum atomic E-state index is 12.9. The number of likely N-dealkylation sites (N-methyl/N-ethyl adjacent to an activating group) is 1. The summed E-state index contributed by atoms with van der Waals surface area (Å²) in [6.07, 6.45) is 2.82. The minimum atomic E-state index is -1.68. The van der Waals surface area contributed by atoms with Crippen LogP contribution in [0, 0.1) is 5.92 Å². The Morgan fingerprint density at radius 2 is 1.88 bits per heavy atom. The zero-order chi connectivity index (χ0) is 24.0. The van der Waals surface area contributed by atoms with Crippen molar-refractivity contribution in [1.82, 2.24) is 5.32 Å². The summed E-state index contributed by atoms with van der Waals surface area (Å²) in [4.78, 5) is 28.2. The summed E-state index contributed by atoms with van der Waals surface area (Å²) in [6, 6.07) is 6.64. The number of carbonyl (C=O) groups is 2. The fourth-order valence-corrected chi connectivity index (χ4v) is 5.40. The topological polar surface area (TPSA) is 119 Å². The average Bonchev–Trinajstić information content (AvgIpc) is 2.95. The Kier molecular flexibility index (Phi) is 9.34. The first-order valence-corrected chi connectivity index (χ1v) is 12.4. The molecule has 8 nitrogen and oxygen atoms in total. The van der Waals surface area contributed by atoms with Gasteiger partial charge in [-0.1, -0.05) is 43.5 Å². The highest BCUT2D eigenvalue weighted by molar-refractivity contribution is 7.99. The van der Waals surface area contributed by atoms with Gasteiger partial charge >= 0.3 is 0 Å². The van der Waals surface area contributed by atoms with Crippen LogP contribution in [-0.4, -0.2) is 77.5 Å². The highest BCUT2D eigenvalue weighted by Crippen LogP contribution is 2.33. The summed E-state index contributed by atoms with van der Waals surface area (Å²) in [6.45, 7) is 0. The van der Waals surface area contributed by atoms with E-state index >= 15 is 0 Å². The number of rotatable bonds is 8. The standard InChI is InChI=1S/C24H34N2O6S/c1-26-17-10-6-7-11-19(17)33-14-16(24(26)31)25-23(30)22(32-2)21(29)20(28)18(27)13-12-15-8-4-3-5-9-15/h6-7,10-13,15-16,18,20-22,27-29H,3-5,8-9,14H2,1-2H3,(H,25,30)/t16-,18?,20?,21?,22?/m0/s1. The van der Waals surface area contributed by atoms with Crippen molar-refractivity contribution in [3.8, 4) is 0 Å². The molecule has 0 spiro atoms. The Balaban J connectivity index is 1.61. The molecule has 2 aliphatic rings. The van der Waals surface area contributed by atoms with Crippen LogP contribution in [0.25, 0.3) is 0 Å². The second-order valence-corrected chi connectivity index (χ2v) is 9.71. The van der Waals surface area contributed by atoms with Gasteiger partial charge in [0.1, 0.15) is 24.4 Å². The largest absolute Gasteiger partial charge is 0.387 e. The molecule has 9 heteroatoms. The van der Waals surface area contributed by atoms with Gasteiger partial charge in [-0.2, -0.15) is 0 Å². The van der Waals surface area contributed by atoms with Gasteiger partial charge in [0.05, 0.1) is 5.69 Å². The van der Waals surface area contributed by atoms with Crippen LogP contribution in [0.15, 0.2) is 41.3 Å². The molecule has 1 heterocycles. The lowest BCUT2D eigenvalue weighted by Gasteiger charge is -2.29. The molecule has 0 bridgehead atoms. The van der Waals surface area contributed by atoms with Gasteiger partial charge in [-0.3, -0.25) is 9.59 Å². The predicted octanol–water partition coefficient (Wildman–Crippen LogP) is 1.47. The van der Waals surface area contributed by atoms with Gasteiger partial charge in [0.15, 0.2) is 6.10 Å². The maximum absolute atomic E-state index is 12.9. The van der Waals surface area contributed by atoms with E-state index in [-0.39, 0.29) is 5.91 Å². The van der Waals surface area contributed by atoms with Crippen LogP contribution >= 0.6 is 11.8 Å². The van der Waals surface area contributed by atoms with Crippen LogP contribution in [0.3, 0.4) is 0 Å². The number of benzene rings is 1. The Hall–Kier alpha value is -1.91. The zero-order valence-corrected chi connectivity index (χ0v) is 19.9. The van der Waals surface area contributed by atoms with Crippen molar-refractivity contribution in [3.63, 3.8) is 0 Å². The number of fused-ring (bicyclic) bond motifs is 1. The molecule has 1 aromatic rings. The number of carbonyl (C=O) groups excluding carboxylic acids is 2. The van der Waals surface area contributed by atoms with Gasteiger partial charge in [0.2, 0.25) is 5.91 Å². The molecule has 3 rings (SSSR count). The number of nitrogens with zero attached hydrogens (tertiary/aromatic N) is 1. The van der Waals surface area contributed by atoms with Crippen molar-refractivity contribution in [2.24, 2.45) is 5.92 Å². The highest BCUT2D eigenvalue weighted by Gasteiger charge is 2.38. The SMILES string of the molecule is COC(C(=O)N[C@H]1CSc2ccccc2N(C)C1=O)C(O)C(O)C(O)C=CC1CCCCC1. The smallest absolute Gasteiger partial charge is 0.252 e. The fourth-order valence-electron chi connectivity index (χ4n) is 4.30. The first-order valence-electron chi connectivity index (χ1n) is 11.4. The van der Waals surface area contributed by atoms with Crippen LogP contribution in [-0.2, 0) is 14.3 Å². The number of amides is 2. The van der Waals surface area contributed by atoms with Crippen LogP contribution in [0.2, 0.25) is 0 Å². The number of aliphatic hydroxyl groups excluding tert-OH is 3. The van der Waals surface area contributed by atoms with Gasteiger partial charge in [-0.15, -0.1) is 11.8 Å². The lowest BCUT2D eigenvalue weighted by molar-refractivity contribution is -0.150. The third-order valence-corrected chi connectivity index (χ3v) is 7.49. The van der Waals surface area contributed by atoms with Crippen molar-refractivity contribution in [3.05, 3.63) is 36.4 Å². The molecule has 0 aromatic heterocycles. The molecule has 1 saturated carbocycles. The van der Waals surface area contributed by atoms with Crippen LogP contribution < -0.4 is 10.2 Å². The number of nitrogens with one attached hydrogen (secondary N) is 1. The third kappa shape index (κ3) is 6.36. The van der Waals surface area contributed by atoms with Gasteiger partial charge < -0.3 is 30.3 Å². The number of hydrogen-bond donors (Lipinski definition) is 4. The first kappa shape index (κ1) is 25.7. The van der Waals surface area contributed by atoms with E-state index in [0.717, 1.165) is 36.3 Å². The maximum Gasteiger partial charge on any atom is 0.252 e. The Morgan fingerprint density at radius 3 is 2.58 bits per heavy atom. The Bertz CT molecular complexity index is 844. The summed E-state index contributed by atoms with van der Waals surface area (Å²) >= 11 is 1.45. The number of para-hydroxylation sites is 1. The Morgan fingerprint density at radius 1 is 1.18 bits per heavy atom. The van der Waals surface area contributed by atoms with E-state index in [1.165, 1.54) is 36.3 Å². The molecule has 1 fully saturated rings. The van der Waals surface area contributed by atoms with Crippen molar-refractivity contribution < 1.29 is 29.6 Å². The minimum absolute atomic E-state index is 0.291. The van der Waals surface area contributed by atoms with E-state index in [1.54, 1.807) is 7.05 Å². The van der Waals surface area contributed by atoms with Gasteiger partial charge in [-0.05, 0) is 30.9 Å². The normalized spacial score (nSPS) is 23.5. The molecule has 33 heavy (non-hydrogen) atoms. The second-order valence-electron chi connectivity index (χ2n) is 8.65. The molecule has 1 aliphatic heterocycles. The first-order chi connectivity index (χ1) is 15.8. The van der Waals surface area contributed by atoms with E-state index in [4.69, 9.17) is 4.74 Å². The highest BCUT2D eigenvalue weighted by atomic mass is 32.2. The number of aliphatic hydroxyl groups is 3. The van der Waals surface area contributed by atoms with Crippen molar-refractivity contribution in [1.29, 1.82) is 0 Å². The summed E-state index contributed by atoms with van der Waals surface area (Å²) in [5.74, 6) is -0.362. The van der Waals surface area contributed by atoms with Crippen molar-refractivity contribution in [2.45, 2.75) is 67.5 Å². The lowest BCUT2D eigenvalue weighted by atomic mass is 9.88. The predicted molar refractivity (Wildman–Crippen MR) is 127 cm³/mol. The fraction of sp³-hybridized carbons (Fsp3) is 0.583. The minimum Gasteiger partial charge on any atom is -0.387 e. The summed E-state index contributed by atoms with van der Waals surface area (Å²) < 4.78 is 5.15. The molecule has 0 saturated heterocycles. The summed E-state index contributed by atoms with van der Waals surface area (Å²) in [5.41, 5.74) is 0.760. The molecule has 182 valence electrons. The second kappa shape index (κ2) is 12.0. The molecule has 1 aliphatic carbocycles. The molecule has 0 radical (unpaired) electrons. The number of thioether (sulfide) groups is 1. The van der Waals surface area contributed by atoms with Gasteiger partial charge in [0.25, 0.3) is 5.91 Å². The molecule has 1 aromatic carbocycles. The monoisotopic (exact) mass is 478 g/mol. The van der Waals surface area contributed by atoms with Crippen LogP contribution in [0.5, 0.6) is 0 Å². The van der Waals surface area contributed by atoms with Crippen LogP contribution in [0.1, 0.15) is 32.1 Å². The lowest BCUT2D eigenvalue weighted by Crippen LogP contribution is -2.56. The van der Waals surface area contributed by atoms with Crippen molar-refractivity contribution >= 4 is 29.3 Å². The molecule has 4 N–H and O–H groups in total. The van der Waals surface area contributed by atoms with Crippen molar-refractivity contribution in [2.75, 3.05) is 24.8 Å². The average molecular weight is 479 g/mol. The number of allylic oxidation sites excluding steroid dienone is 1. The number of anilines is 1. The van der Waals surface area contributed by atoms with E-state index in [1.807, 2.05) is 30.3 Å². The molecule has 2 amide bonds. The summed E-state index contributed by atoms with van der Waals surface area (Å²) in [5, 5.41) is 34.0. The van der Waals surface area contributed by atoms with Crippen LogP contribution in [0.4, 0.5) is 5.69 Å². The number of ether oxygens (including phenoxy) is 1. The molecule has 5 atom stereocenters. The Labute approximate surface area is 199 Å². The van der Waals surface area contributed by atoms with Gasteiger partial charge in [-0.25, -0.2) is 0 Å². The molecule has 4 unspecified atom stereocenters. The number of hydrogen-bond acceptors (Lipinski definition) is 7. The zero-order valence-electron chi connectivity index (χ0n) is 19.1. The third-order valence-electron chi connectivity index (χ3n) is 6.33. The van der Waals surface area contributed by atoms with E-state index in [9.17, 15) is 24.9 Å². The summed E-state index contributed by atoms with van der Waals surface area (Å²) in [7, 11) is 2.88.